The SMILES string of the molecule is CCCNC(=O)Cc1ccc(O)c(O)c1. The van der Waals surface area contributed by atoms with Crippen molar-refractivity contribution >= 4 is 5.91 Å². The number of nitrogens with one attached hydrogen (secondary N) is 1. The third-order valence-corrected chi connectivity index (χ3v) is 1.98. The zero-order chi connectivity index (χ0) is 11.3. The smallest absolute Gasteiger partial charge is 0.224 e. The van der Waals surface area contributed by atoms with E-state index in [9.17, 15) is 9.90 Å². The average molecular weight is 209 g/mol. The number of aromatic hydroxyl groups is 2. The molecule has 0 spiro atoms. The van der Waals surface area contributed by atoms with E-state index in [1.54, 1.807) is 6.07 Å². The molecule has 0 atom stereocenters. The maximum atomic E-state index is 11.3. The standard InChI is InChI=1S/C11H15NO3/c1-2-5-12-11(15)7-8-3-4-9(13)10(14)6-8/h3-4,6,13-14H,2,5,7H2,1H3,(H,12,15). The fraction of sp³-hybridized carbons (Fsp3) is 0.364. The van der Waals surface area contributed by atoms with E-state index in [1.165, 1.54) is 12.1 Å². The van der Waals surface area contributed by atoms with E-state index < -0.39 is 0 Å². The van der Waals surface area contributed by atoms with Crippen LogP contribution in [0.4, 0.5) is 0 Å². The molecule has 0 bridgehead atoms. The molecule has 0 aliphatic heterocycles. The summed E-state index contributed by atoms with van der Waals surface area (Å²) < 4.78 is 0. The number of phenols is 2. The number of carbonyl (C=O) groups is 1. The maximum absolute atomic E-state index is 11.3. The Labute approximate surface area is 88.6 Å². The van der Waals surface area contributed by atoms with E-state index in [2.05, 4.69) is 5.32 Å². The predicted octanol–water partition coefficient (Wildman–Crippen LogP) is 1.17. The second-order valence-electron chi connectivity index (χ2n) is 3.35. The van der Waals surface area contributed by atoms with E-state index >= 15 is 0 Å². The quantitative estimate of drug-likeness (QED) is 0.652. The van der Waals surface area contributed by atoms with E-state index in [0.717, 1.165) is 6.42 Å². The first kappa shape index (κ1) is 11.4. The monoisotopic (exact) mass is 209 g/mol. The first-order valence-electron chi connectivity index (χ1n) is 4.91. The van der Waals surface area contributed by atoms with Crippen molar-refractivity contribution in [3.8, 4) is 11.5 Å². The highest BCUT2D eigenvalue weighted by Gasteiger charge is 2.05. The number of phenolic OH excluding ortho intramolecular Hbond substituents is 2. The summed E-state index contributed by atoms with van der Waals surface area (Å²) in [5, 5.41) is 21.0. The zero-order valence-corrected chi connectivity index (χ0v) is 8.66. The minimum absolute atomic E-state index is 0.0815. The minimum atomic E-state index is -0.198. The maximum Gasteiger partial charge on any atom is 0.224 e. The van der Waals surface area contributed by atoms with Crippen LogP contribution in [0.25, 0.3) is 0 Å². The van der Waals surface area contributed by atoms with Crippen molar-refractivity contribution in [1.29, 1.82) is 0 Å². The fourth-order valence-corrected chi connectivity index (χ4v) is 1.19. The molecule has 0 heterocycles. The Bertz CT molecular complexity index is 350. The molecule has 15 heavy (non-hydrogen) atoms. The lowest BCUT2D eigenvalue weighted by Gasteiger charge is -2.04. The average Bonchev–Trinajstić information content (AvgIpc) is 2.20. The lowest BCUT2D eigenvalue weighted by molar-refractivity contribution is -0.120. The molecule has 4 nitrogen and oxygen atoms in total. The minimum Gasteiger partial charge on any atom is -0.504 e. The molecule has 0 radical (unpaired) electrons. The van der Waals surface area contributed by atoms with Gasteiger partial charge in [0, 0.05) is 6.54 Å². The Kier molecular flexibility index (Phi) is 3.97. The van der Waals surface area contributed by atoms with Crippen molar-refractivity contribution in [2.75, 3.05) is 6.54 Å². The van der Waals surface area contributed by atoms with Gasteiger partial charge < -0.3 is 15.5 Å². The third-order valence-electron chi connectivity index (χ3n) is 1.98. The summed E-state index contributed by atoms with van der Waals surface area (Å²) in [5.74, 6) is -0.453. The summed E-state index contributed by atoms with van der Waals surface area (Å²) in [4.78, 5) is 11.3. The first-order chi connectivity index (χ1) is 7.13. The van der Waals surface area contributed by atoms with Crippen molar-refractivity contribution in [3.05, 3.63) is 23.8 Å². The molecular weight excluding hydrogens is 194 g/mol. The van der Waals surface area contributed by atoms with Crippen molar-refractivity contribution in [2.24, 2.45) is 0 Å². The lowest BCUT2D eigenvalue weighted by Crippen LogP contribution is -2.25. The molecule has 0 fully saturated rings. The van der Waals surface area contributed by atoms with Crippen LogP contribution < -0.4 is 5.32 Å². The lowest BCUT2D eigenvalue weighted by atomic mass is 10.1. The van der Waals surface area contributed by atoms with Crippen LogP contribution in [0.15, 0.2) is 18.2 Å². The molecule has 1 aromatic rings. The molecule has 82 valence electrons. The first-order valence-corrected chi connectivity index (χ1v) is 4.91. The second-order valence-corrected chi connectivity index (χ2v) is 3.35. The van der Waals surface area contributed by atoms with Crippen molar-refractivity contribution < 1.29 is 15.0 Å². The highest BCUT2D eigenvalue weighted by atomic mass is 16.3. The van der Waals surface area contributed by atoms with Crippen molar-refractivity contribution in [2.45, 2.75) is 19.8 Å². The normalized spacial score (nSPS) is 9.93. The van der Waals surface area contributed by atoms with Gasteiger partial charge in [0.15, 0.2) is 11.5 Å². The number of hydrogen-bond acceptors (Lipinski definition) is 3. The summed E-state index contributed by atoms with van der Waals surface area (Å²) in [7, 11) is 0. The van der Waals surface area contributed by atoms with Crippen molar-refractivity contribution in [1.82, 2.24) is 5.32 Å². The Hall–Kier alpha value is -1.71. The van der Waals surface area contributed by atoms with Gasteiger partial charge in [-0.3, -0.25) is 4.79 Å². The van der Waals surface area contributed by atoms with Gasteiger partial charge >= 0.3 is 0 Å². The van der Waals surface area contributed by atoms with E-state index in [-0.39, 0.29) is 23.8 Å². The van der Waals surface area contributed by atoms with E-state index in [0.29, 0.717) is 12.1 Å². The highest BCUT2D eigenvalue weighted by molar-refractivity contribution is 5.78. The third kappa shape index (κ3) is 3.50. The van der Waals surface area contributed by atoms with Crippen molar-refractivity contribution in [3.63, 3.8) is 0 Å². The predicted molar refractivity (Wildman–Crippen MR) is 56.8 cm³/mol. The van der Waals surface area contributed by atoms with Crippen LogP contribution in [0.2, 0.25) is 0 Å². The second kappa shape index (κ2) is 5.24. The van der Waals surface area contributed by atoms with E-state index in [1.807, 2.05) is 6.92 Å². The molecule has 0 aliphatic carbocycles. The Morgan fingerprint density at radius 3 is 2.67 bits per heavy atom. The van der Waals surface area contributed by atoms with Gasteiger partial charge in [0.2, 0.25) is 5.91 Å². The van der Waals surface area contributed by atoms with Crippen LogP contribution in [0.3, 0.4) is 0 Å². The summed E-state index contributed by atoms with van der Waals surface area (Å²) in [5.41, 5.74) is 0.680. The summed E-state index contributed by atoms with van der Waals surface area (Å²) in [6.07, 6.45) is 1.11. The van der Waals surface area contributed by atoms with Crippen LogP contribution in [-0.4, -0.2) is 22.7 Å². The molecule has 1 amide bonds. The molecule has 1 rings (SSSR count). The Balaban J connectivity index is 2.57. The van der Waals surface area contributed by atoms with Gasteiger partial charge in [0.1, 0.15) is 0 Å². The fourth-order valence-electron chi connectivity index (χ4n) is 1.19. The van der Waals surface area contributed by atoms with Crippen LogP contribution in [0.5, 0.6) is 11.5 Å². The summed E-state index contributed by atoms with van der Waals surface area (Å²) in [6, 6.07) is 4.37. The molecule has 3 N–H and O–H groups in total. The summed E-state index contributed by atoms with van der Waals surface area (Å²) in [6.45, 7) is 2.63. The van der Waals surface area contributed by atoms with Gasteiger partial charge in [-0.25, -0.2) is 0 Å². The number of hydrogen-bond donors (Lipinski definition) is 3. The number of carbonyl (C=O) groups excluding carboxylic acids is 1. The van der Waals surface area contributed by atoms with Gasteiger partial charge in [0.25, 0.3) is 0 Å². The molecular formula is C11H15NO3. The molecule has 1 aromatic carbocycles. The van der Waals surface area contributed by atoms with Crippen LogP contribution >= 0.6 is 0 Å². The van der Waals surface area contributed by atoms with Crippen LogP contribution in [-0.2, 0) is 11.2 Å². The largest absolute Gasteiger partial charge is 0.504 e. The molecule has 0 saturated heterocycles. The molecule has 0 unspecified atom stereocenters. The molecule has 0 aliphatic rings. The topological polar surface area (TPSA) is 69.6 Å². The Morgan fingerprint density at radius 1 is 1.33 bits per heavy atom. The van der Waals surface area contributed by atoms with Gasteiger partial charge in [-0.1, -0.05) is 13.0 Å². The van der Waals surface area contributed by atoms with E-state index in [4.69, 9.17) is 5.11 Å². The van der Waals surface area contributed by atoms with Gasteiger partial charge in [0.05, 0.1) is 6.42 Å². The number of benzene rings is 1. The Morgan fingerprint density at radius 2 is 2.07 bits per heavy atom. The van der Waals surface area contributed by atoms with Crippen LogP contribution in [0, 0.1) is 0 Å². The molecule has 0 aromatic heterocycles. The number of amides is 1. The van der Waals surface area contributed by atoms with Gasteiger partial charge in [-0.2, -0.15) is 0 Å². The van der Waals surface area contributed by atoms with Gasteiger partial charge in [-0.05, 0) is 24.1 Å². The van der Waals surface area contributed by atoms with Gasteiger partial charge in [-0.15, -0.1) is 0 Å². The molecule has 4 heteroatoms. The van der Waals surface area contributed by atoms with Crippen LogP contribution in [0.1, 0.15) is 18.9 Å². The number of rotatable bonds is 4. The zero-order valence-electron chi connectivity index (χ0n) is 8.66. The molecule has 0 saturated carbocycles. The highest BCUT2D eigenvalue weighted by Crippen LogP contribution is 2.24. The summed E-state index contributed by atoms with van der Waals surface area (Å²) >= 11 is 0.